The van der Waals surface area contributed by atoms with Crippen LogP contribution >= 0.6 is 12.6 Å². The summed E-state index contributed by atoms with van der Waals surface area (Å²) in [5.41, 5.74) is 0.546. The van der Waals surface area contributed by atoms with Crippen molar-refractivity contribution in [3.63, 3.8) is 0 Å². The van der Waals surface area contributed by atoms with Gasteiger partial charge in [0.1, 0.15) is 0 Å². The fraction of sp³-hybridized carbons (Fsp3) is 1.00. The molecule has 0 aromatic heterocycles. The van der Waals surface area contributed by atoms with Crippen LogP contribution in [-0.4, -0.2) is 5.75 Å². The Labute approximate surface area is 107 Å². The van der Waals surface area contributed by atoms with Gasteiger partial charge in [0, 0.05) is 0 Å². The van der Waals surface area contributed by atoms with E-state index >= 15 is 0 Å². The molecule has 2 aliphatic carbocycles. The number of rotatable bonds is 5. The van der Waals surface area contributed by atoms with Gasteiger partial charge in [0.2, 0.25) is 0 Å². The van der Waals surface area contributed by atoms with Crippen molar-refractivity contribution in [2.24, 2.45) is 29.1 Å². The predicted molar refractivity (Wildman–Crippen MR) is 75.0 cm³/mol. The van der Waals surface area contributed by atoms with Gasteiger partial charge < -0.3 is 0 Å². The van der Waals surface area contributed by atoms with E-state index in [4.69, 9.17) is 0 Å². The second-order valence-corrected chi connectivity index (χ2v) is 7.30. The number of thiol groups is 1. The van der Waals surface area contributed by atoms with Crippen molar-refractivity contribution >= 4 is 12.6 Å². The van der Waals surface area contributed by atoms with Gasteiger partial charge in [-0.1, -0.05) is 33.6 Å². The highest BCUT2D eigenvalue weighted by atomic mass is 32.1. The molecule has 0 aliphatic heterocycles. The van der Waals surface area contributed by atoms with Crippen molar-refractivity contribution < 1.29 is 0 Å². The van der Waals surface area contributed by atoms with E-state index in [0.29, 0.717) is 5.41 Å². The molecule has 2 aliphatic rings. The minimum Gasteiger partial charge on any atom is -0.179 e. The molecule has 2 saturated carbocycles. The van der Waals surface area contributed by atoms with E-state index in [1.807, 2.05) is 0 Å². The summed E-state index contributed by atoms with van der Waals surface area (Å²) in [6, 6.07) is 0. The maximum absolute atomic E-state index is 4.42. The zero-order valence-corrected chi connectivity index (χ0v) is 12.1. The molecule has 1 heteroatoms. The van der Waals surface area contributed by atoms with Crippen LogP contribution in [0.5, 0.6) is 0 Å². The van der Waals surface area contributed by atoms with E-state index in [1.165, 1.54) is 25.7 Å². The molecule has 0 radical (unpaired) electrons. The normalized spacial score (nSPS) is 38.2. The highest BCUT2D eigenvalue weighted by molar-refractivity contribution is 7.80. The second kappa shape index (κ2) is 4.92. The highest BCUT2D eigenvalue weighted by Gasteiger charge is 2.51. The lowest BCUT2D eigenvalue weighted by atomic mass is 9.56. The Balaban J connectivity index is 1.89. The molecule has 0 aromatic carbocycles. The third-order valence-corrected chi connectivity index (χ3v) is 5.60. The molecule has 0 spiro atoms. The standard InChI is InChI=1S/C15H28S/c1-4-5-11-8-12-10-14(13(12)9-11)15(2,3)6-7-16/h11-14,16H,4-10H2,1-3H3. The van der Waals surface area contributed by atoms with E-state index in [2.05, 4.69) is 33.4 Å². The van der Waals surface area contributed by atoms with Gasteiger partial charge in [-0.15, -0.1) is 0 Å². The second-order valence-electron chi connectivity index (χ2n) is 6.85. The zero-order chi connectivity index (χ0) is 11.8. The molecule has 0 nitrogen and oxygen atoms in total. The third-order valence-electron chi connectivity index (χ3n) is 5.38. The first kappa shape index (κ1) is 12.8. The van der Waals surface area contributed by atoms with Crippen LogP contribution in [0, 0.1) is 29.1 Å². The SMILES string of the molecule is CCCC1CC2CC(C(C)(C)CCS)C2C1. The van der Waals surface area contributed by atoms with E-state index in [-0.39, 0.29) is 0 Å². The van der Waals surface area contributed by atoms with Crippen LogP contribution < -0.4 is 0 Å². The van der Waals surface area contributed by atoms with E-state index in [9.17, 15) is 0 Å². The quantitative estimate of drug-likeness (QED) is 0.656. The summed E-state index contributed by atoms with van der Waals surface area (Å²) < 4.78 is 0. The number of hydrogen-bond acceptors (Lipinski definition) is 1. The molecule has 0 heterocycles. The van der Waals surface area contributed by atoms with E-state index in [1.54, 1.807) is 12.8 Å². The van der Waals surface area contributed by atoms with Crippen LogP contribution in [0.25, 0.3) is 0 Å². The summed E-state index contributed by atoms with van der Waals surface area (Å²) in [5, 5.41) is 0. The fourth-order valence-electron chi connectivity index (χ4n) is 4.36. The van der Waals surface area contributed by atoms with E-state index in [0.717, 1.165) is 29.4 Å². The third kappa shape index (κ3) is 2.30. The first-order valence-electron chi connectivity index (χ1n) is 7.19. The smallest absolute Gasteiger partial charge is 0.00927 e. The number of hydrogen-bond donors (Lipinski definition) is 1. The first-order valence-corrected chi connectivity index (χ1v) is 7.82. The Hall–Kier alpha value is 0.350. The van der Waals surface area contributed by atoms with Crippen molar-refractivity contribution in [1.29, 1.82) is 0 Å². The van der Waals surface area contributed by atoms with Gasteiger partial charge in [-0.05, 0) is 60.5 Å². The molecule has 2 rings (SSSR count). The molecule has 0 saturated heterocycles. The minimum absolute atomic E-state index is 0.546. The van der Waals surface area contributed by atoms with Crippen molar-refractivity contribution in [3.8, 4) is 0 Å². The first-order chi connectivity index (χ1) is 7.58. The molecule has 16 heavy (non-hydrogen) atoms. The maximum atomic E-state index is 4.42. The topological polar surface area (TPSA) is 0 Å². The summed E-state index contributed by atoms with van der Waals surface area (Å²) in [6.07, 6.45) is 8.76. The van der Waals surface area contributed by atoms with Gasteiger partial charge in [-0.2, -0.15) is 12.6 Å². The monoisotopic (exact) mass is 240 g/mol. The van der Waals surface area contributed by atoms with Crippen LogP contribution in [0.1, 0.15) is 59.3 Å². The maximum Gasteiger partial charge on any atom is -0.00927 e. The zero-order valence-electron chi connectivity index (χ0n) is 11.2. The lowest BCUT2D eigenvalue weighted by molar-refractivity contribution is -0.00213. The summed E-state index contributed by atoms with van der Waals surface area (Å²) >= 11 is 4.42. The molecular weight excluding hydrogens is 212 g/mol. The Morgan fingerprint density at radius 1 is 1.19 bits per heavy atom. The van der Waals surface area contributed by atoms with Gasteiger partial charge in [-0.3, -0.25) is 0 Å². The van der Waals surface area contributed by atoms with Crippen LogP contribution in [0.3, 0.4) is 0 Å². The summed E-state index contributed by atoms with van der Waals surface area (Å²) in [7, 11) is 0. The van der Waals surface area contributed by atoms with Gasteiger partial charge in [-0.25, -0.2) is 0 Å². The van der Waals surface area contributed by atoms with Crippen molar-refractivity contribution in [1.82, 2.24) is 0 Å². The Morgan fingerprint density at radius 2 is 1.94 bits per heavy atom. The Kier molecular flexibility index (Phi) is 3.93. The summed E-state index contributed by atoms with van der Waals surface area (Å²) in [5.74, 6) is 5.30. The van der Waals surface area contributed by atoms with Crippen molar-refractivity contribution in [3.05, 3.63) is 0 Å². The average Bonchev–Trinajstić information content (AvgIpc) is 2.45. The van der Waals surface area contributed by atoms with Crippen molar-refractivity contribution in [2.45, 2.75) is 59.3 Å². The molecule has 0 N–H and O–H groups in total. The molecule has 0 bridgehead atoms. The van der Waals surface area contributed by atoms with Gasteiger partial charge >= 0.3 is 0 Å². The average molecular weight is 240 g/mol. The van der Waals surface area contributed by atoms with Crippen molar-refractivity contribution in [2.75, 3.05) is 5.75 Å². The molecule has 0 aromatic rings. The van der Waals surface area contributed by atoms with Gasteiger partial charge in [0.15, 0.2) is 0 Å². The summed E-state index contributed by atoms with van der Waals surface area (Å²) in [4.78, 5) is 0. The van der Waals surface area contributed by atoms with Crippen LogP contribution in [0.4, 0.5) is 0 Å². The molecule has 4 unspecified atom stereocenters. The lowest BCUT2D eigenvalue weighted by Gasteiger charge is -2.50. The van der Waals surface area contributed by atoms with Crippen LogP contribution in [0.2, 0.25) is 0 Å². The Bertz CT molecular complexity index is 234. The fourth-order valence-corrected chi connectivity index (χ4v) is 4.94. The predicted octanol–water partition coefficient (Wildman–Crippen LogP) is 4.79. The molecule has 4 atom stereocenters. The largest absolute Gasteiger partial charge is 0.179 e. The molecular formula is C15H28S. The van der Waals surface area contributed by atoms with Gasteiger partial charge in [0.25, 0.3) is 0 Å². The molecule has 94 valence electrons. The molecule has 2 fully saturated rings. The lowest BCUT2D eigenvalue weighted by Crippen LogP contribution is -2.42. The number of fused-ring (bicyclic) bond motifs is 1. The van der Waals surface area contributed by atoms with Crippen LogP contribution in [0.15, 0.2) is 0 Å². The van der Waals surface area contributed by atoms with Gasteiger partial charge in [0.05, 0.1) is 0 Å². The van der Waals surface area contributed by atoms with Crippen LogP contribution in [-0.2, 0) is 0 Å². The molecule has 0 amide bonds. The Morgan fingerprint density at radius 3 is 2.56 bits per heavy atom. The summed E-state index contributed by atoms with van der Waals surface area (Å²) in [6.45, 7) is 7.27. The highest BCUT2D eigenvalue weighted by Crippen LogP contribution is 2.60. The minimum atomic E-state index is 0.546. The van der Waals surface area contributed by atoms with E-state index < -0.39 is 0 Å².